The van der Waals surface area contributed by atoms with Gasteiger partial charge in [-0.3, -0.25) is 9.59 Å². The molecule has 0 fully saturated rings. The number of terminal acetylenes is 1. The van der Waals surface area contributed by atoms with Gasteiger partial charge in [0.25, 0.3) is 11.8 Å². The van der Waals surface area contributed by atoms with E-state index in [-0.39, 0.29) is 18.1 Å². The van der Waals surface area contributed by atoms with E-state index in [4.69, 9.17) is 15.9 Å². The molecule has 8 heteroatoms. The summed E-state index contributed by atoms with van der Waals surface area (Å²) < 4.78 is 23.8. The molecular formula is C23H24FN3O4. The fourth-order valence-corrected chi connectivity index (χ4v) is 2.66. The lowest BCUT2D eigenvalue weighted by atomic mass is 10.0. The summed E-state index contributed by atoms with van der Waals surface area (Å²) >= 11 is 0. The Morgan fingerprint density at radius 3 is 2.55 bits per heavy atom. The Kier molecular flexibility index (Phi) is 8.58. The highest BCUT2D eigenvalue weighted by molar-refractivity contribution is 5.97. The maximum absolute atomic E-state index is 13.1. The first kappa shape index (κ1) is 23.4. The molecule has 162 valence electrons. The molecule has 1 atom stereocenters. The number of hydrazone groups is 1. The fourth-order valence-electron chi connectivity index (χ4n) is 2.66. The van der Waals surface area contributed by atoms with Crippen LogP contribution in [0.4, 0.5) is 4.39 Å². The number of hydrogen-bond donors (Lipinski definition) is 2. The second-order valence-corrected chi connectivity index (χ2v) is 6.81. The highest BCUT2D eigenvalue weighted by Crippen LogP contribution is 2.29. The highest BCUT2D eigenvalue weighted by atomic mass is 19.1. The van der Waals surface area contributed by atoms with Gasteiger partial charge in [-0.05, 0) is 42.3 Å². The van der Waals surface area contributed by atoms with Crippen molar-refractivity contribution in [3.8, 4) is 23.8 Å². The molecule has 2 aromatic carbocycles. The fraction of sp³-hybridized carbons (Fsp3) is 0.261. The Morgan fingerprint density at radius 1 is 1.23 bits per heavy atom. The number of benzene rings is 2. The average Bonchev–Trinajstić information content (AvgIpc) is 2.76. The van der Waals surface area contributed by atoms with Crippen molar-refractivity contribution in [3.63, 3.8) is 0 Å². The molecule has 0 aliphatic rings. The largest absolute Gasteiger partial charge is 0.493 e. The van der Waals surface area contributed by atoms with Gasteiger partial charge in [-0.15, -0.1) is 6.42 Å². The molecule has 0 bridgehead atoms. The van der Waals surface area contributed by atoms with E-state index >= 15 is 0 Å². The highest BCUT2D eigenvalue weighted by Gasteiger charge is 2.24. The predicted octanol–water partition coefficient (Wildman–Crippen LogP) is 2.75. The smallest absolute Gasteiger partial charge is 0.262 e. The molecule has 0 aromatic heterocycles. The maximum Gasteiger partial charge on any atom is 0.262 e. The third-order valence-corrected chi connectivity index (χ3v) is 4.25. The van der Waals surface area contributed by atoms with Crippen molar-refractivity contribution in [2.75, 3.05) is 13.7 Å². The second kappa shape index (κ2) is 11.4. The third-order valence-electron chi connectivity index (χ3n) is 4.25. The van der Waals surface area contributed by atoms with Crippen LogP contribution in [0.1, 0.15) is 29.8 Å². The van der Waals surface area contributed by atoms with Crippen molar-refractivity contribution < 1.29 is 23.5 Å². The van der Waals surface area contributed by atoms with Crippen LogP contribution in [0.5, 0.6) is 11.5 Å². The number of nitrogens with one attached hydrogen (secondary N) is 2. The topological polar surface area (TPSA) is 89.0 Å². The quantitative estimate of drug-likeness (QED) is 0.367. The van der Waals surface area contributed by atoms with Crippen LogP contribution in [0.3, 0.4) is 0 Å². The summed E-state index contributed by atoms with van der Waals surface area (Å²) in [4.78, 5) is 25.0. The molecule has 2 N–H and O–H groups in total. The Balaban J connectivity index is 2.10. The molecule has 2 rings (SSSR count). The minimum absolute atomic E-state index is 0.0401. The van der Waals surface area contributed by atoms with Crippen LogP contribution in [-0.4, -0.2) is 37.8 Å². The van der Waals surface area contributed by atoms with Crippen LogP contribution in [0.15, 0.2) is 47.6 Å². The van der Waals surface area contributed by atoms with Gasteiger partial charge in [-0.1, -0.05) is 25.8 Å². The summed E-state index contributed by atoms with van der Waals surface area (Å²) in [6, 6.07) is 9.37. The number of para-hydroxylation sites is 1. The summed E-state index contributed by atoms with van der Waals surface area (Å²) in [6.45, 7) is 3.61. The number of rotatable bonds is 9. The molecule has 0 heterocycles. The van der Waals surface area contributed by atoms with E-state index in [9.17, 15) is 14.0 Å². The number of carbonyl (C=O) groups excluding carboxylic acids is 2. The summed E-state index contributed by atoms with van der Waals surface area (Å²) in [6.07, 6.45) is 6.64. The molecule has 0 aliphatic heterocycles. The van der Waals surface area contributed by atoms with Crippen molar-refractivity contribution in [3.05, 3.63) is 59.4 Å². The van der Waals surface area contributed by atoms with Crippen LogP contribution in [0.25, 0.3) is 0 Å². The van der Waals surface area contributed by atoms with Gasteiger partial charge < -0.3 is 14.8 Å². The molecule has 1 unspecified atom stereocenters. The summed E-state index contributed by atoms with van der Waals surface area (Å²) in [7, 11) is 1.50. The lowest BCUT2D eigenvalue weighted by Crippen LogP contribution is -2.48. The first-order valence-electron chi connectivity index (χ1n) is 9.50. The number of halogens is 1. The number of methoxy groups -OCH3 is 1. The van der Waals surface area contributed by atoms with Crippen molar-refractivity contribution in [1.29, 1.82) is 0 Å². The SMILES string of the molecule is C#CCOc1c(/C=N/NC(=O)C(NC(=O)c2ccc(F)cc2)C(C)C)cccc1OC. The molecular weight excluding hydrogens is 401 g/mol. The van der Waals surface area contributed by atoms with Gasteiger partial charge in [0, 0.05) is 11.1 Å². The van der Waals surface area contributed by atoms with Gasteiger partial charge in [0.05, 0.1) is 13.3 Å². The average molecular weight is 425 g/mol. The number of hydrogen-bond acceptors (Lipinski definition) is 5. The van der Waals surface area contributed by atoms with Crippen molar-refractivity contribution in [1.82, 2.24) is 10.7 Å². The van der Waals surface area contributed by atoms with Gasteiger partial charge >= 0.3 is 0 Å². The first-order chi connectivity index (χ1) is 14.9. The number of nitrogens with zero attached hydrogens (tertiary/aromatic N) is 1. The zero-order chi connectivity index (χ0) is 22.8. The number of amides is 2. The molecule has 0 saturated carbocycles. The molecule has 2 amide bonds. The van der Waals surface area contributed by atoms with Gasteiger partial charge in [0.2, 0.25) is 0 Å². The van der Waals surface area contributed by atoms with Crippen LogP contribution >= 0.6 is 0 Å². The third kappa shape index (κ3) is 6.57. The van der Waals surface area contributed by atoms with E-state index in [1.807, 2.05) is 0 Å². The Hall–Kier alpha value is -3.86. The standard InChI is InChI=1S/C23H24FN3O4/c1-5-13-31-21-17(7-6-8-19(21)30-4)14-25-27-23(29)20(15(2)3)26-22(28)16-9-11-18(24)12-10-16/h1,6-12,14-15,20H,13H2,2-4H3,(H,26,28)(H,27,29)/b25-14+. The predicted molar refractivity (Wildman–Crippen MR) is 116 cm³/mol. The monoisotopic (exact) mass is 425 g/mol. The lowest BCUT2D eigenvalue weighted by molar-refractivity contribution is -0.123. The minimum Gasteiger partial charge on any atom is -0.493 e. The van der Waals surface area contributed by atoms with Crippen LogP contribution < -0.4 is 20.2 Å². The molecule has 0 spiro atoms. The molecule has 0 saturated heterocycles. The van der Waals surface area contributed by atoms with Crippen molar-refractivity contribution in [2.45, 2.75) is 19.9 Å². The van der Waals surface area contributed by atoms with Gasteiger partial charge in [0.1, 0.15) is 18.5 Å². The zero-order valence-electron chi connectivity index (χ0n) is 17.5. The van der Waals surface area contributed by atoms with Crippen LogP contribution in [0.2, 0.25) is 0 Å². The number of carbonyl (C=O) groups is 2. The van der Waals surface area contributed by atoms with E-state index in [1.165, 1.54) is 37.6 Å². The van der Waals surface area contributed by atoms with E-state index in [0.717, 1.165) is 0 Å². The summed E-state index contributed by atoms with van der Waals surface area (Å²) in [5.41, 5.74) is 3.21. The molecule has 2 aromatic rings. The summed E-state index contributed by atoms with van der Waals surface area (Å²) in [5.74, 6) is 1.58. The van der Waals surface area contributed by atoms with Gasteiger partial charge in [-0.25, -0.2) is 9.82 Å². The number of ether oxygens (including phenoxy) is 2. The maximum atomic E-state index is 13.1. The second-order valence-electron chi connectivity index (χ2n) is 6.81. The van der Waals surface area contributed by atoms with E-state index < -0.39 is 23.7 Å². The minimum atomic E-state index is -0.850. The molecule has 0 radical (unpaired) electrons. The molecule has 31 heavy (non-hydrogen) atoms. The Bertz CT molecular complexity index is 981. The summed E-state index contributed by atoms with van der Waals surface area (Å²) in [5, 5.41) is 6.61. The van der Waals surface area contributed by atoms with Crippen molar-refractivity contribution in [2.24, 2.45) is 11.0 Å². The molecule has 0 aliphatic carbocycles. The lowest BCUT2D eigenvalue weighted by Gasteiger charge is -2.20. The first-order valence-corrected chi connectivity index (χ1v) is 9.50. The van der Waals surface area contributed by atoms with Crippen LogP contribution in [0, 0.1) is 24.1 Å². The van der Waals surface area contributed by atoms with Gasteiger partial charge in [0.15, 0.2) is 11.5 Å². The van der Waals surface area contributed by atoms with E-state index in [0.29, 0.717) is 17.1 Å². The van der Waals surface area contributed by atoms with Crippen molar-refractivity contribution >= 4 is 18.0 Å². The van der Waals surface area contributed by atoms with Crippen LogP contribution in [-0.2, 0) is 4.79 Å². The van der Waals surface area contributed by atoms with E-state index in [1.54, 1.807) is 32.0 Å². The van der Waals surface area contributed by atoms with E-state index in [2.05, 4.69) is 21.8 Å². The Morgan fingerprint density at radius 2 is 1.94 bits per heavy atom. The zero-order valence-corrected chi connectivity index (χ0v) is 17.5. The van der Waals surface area contributed by atoms with Gasteiger partial charge in [-0.2, -0.15) is 5.10 Å². The molecule has 7 nitrogen and oxygen atoms in total. The normalized spacial score (nSPS) is 11.6. The Labute approximate surface area is 180 Å².